The van der Waals surface area contributed by atoms with Crippen molar-refractivity contribution in [2.45, 2.75) is 33.7 Å². The third-order valence-corrected chi connectivity index (χ3v) is 3.00. The van der Waals surface area contributed by atoms with Crippen LogP contribution in [0.1, 0.15) is 32.8 Å². The molecule has 0 aliphatic carbocycles. The standard InChI is InChI=1S/C15H24ClNO2/c1-15(2,3)6-7-19-14-11(10-17-4)8-12(16)9-13(14)18-5/h8-9,17H,6-7,10H2,1-5H3. The number of halogens is 1. The Balaban J connectivity index is 2.89. The van der Waals surface area contributed by atoms with Crippen molar-refractivity contribution in [1.29, 1.82) is 0 Å². The monoisotopic (exact) mass is 285 g/mol. The van der Waals surface area contributed by atoms with Crippen LogP contribution in [0.2, 0.25) is 5.02 Å². The lowest BCUT2D eigenvalue weighted by Crippen LogP contribution is -2.13. The Morgan fingerprint density at radius 1 is 1.26 bits per heavy atom. The normalized spacial score (nSPS) is 11.5. The lowest BCUT2D eigenvalue weighted by molar-refractivity contribution is 0.232. The zero-order chi connectivity index (χ0) is 14.5. The van der Waals surface area contributed by atoms with Gasteiger partial charge < -0.3 is 14.8 Å². The van der Waals surface area contributed by atoms with Gasteiger partial charge in [-0.25, -0.2) is 0 Å². The topological polar surface area (TPSA) is 30.5 Å². The van der Waals surface area contributed by atoms with E-state index in [-0.39, 0.29) is 5.41 Å². The average molecular weight is 286 g/mol. The number of methoxy groups -OCH3 is 1. The summed E-state index contributed by atoms with van der Waals surface area (Å²) >= 11 is 6.08. The van der Waals surface area contributed by atoms with Crippen LogP contribution in [-0.2, 0) is 6.54 Å². The van der Waals surface area contributed by atoms with Crippen LogP contribution >= 0.6 is 11.6 Å². The van der Waals surface area contributed by atoms with Gasteiger partial charge in [-0.1, -0.05) is 32.4 Å². The molecule has 0 aliphatic heterocycles. The molecule has 1 N–H and O–H groups in total. The number of hydrogen-bond acceptors (Lipinski definition) is 3. The minimum atomic E-state index is 0.253. The van der Waals surface area contributed by atoms with Crippen LogP contribution in [0.3, 0.4) is 0 Å². The summed E-state index contributed by atoms with van der Waals surface area (Å²) in [6.07, 6.45) is 0.984. The number of nitrogens with one attached hydrogen (secondary N) is 1. The van der Waals surface area contributed by atoms with Crippen LogP contribution in [0.25, 0.3) is 0 Å². The van der Waals surface area contributed by atoms with Gasteiger partial charge in [-0.15, -0.1) is 0 Å². The van der Waals surface area contributed by atoms with Gasteiger partial charge in [-0.05, 0) is 24.9 Å². The second-order valence-corrected chi connectivity index (χ2v) is 6.22. The van der Waals surface area contributed by atoms with E-state index >= 15 is 0 Å². The van der Waals surface area contributed by atoms with Gasteiger partial charge in [0.1, 0.15) is 0 Å². The molecule has 0 fully saturated rings. The third-order valence-electron chi connectivity index (χ3n) is 2.78. The Bertz CT molecular complexity index is 413. The fourth-order valence-electron chi connectivity index (χ4n) is 1.72. The second-order valence-electron chi connectivity index (χ2n) is 5.79. The Morgan fingerprint density at radius 2 is 1.95 bits per heavy atom. The Kier molecular flexibility index (Phi) is 5.95. The molecule has 0 saturated carbocycles. The number of ether oxygens (including phenoxy) is 2. The SMILES string of the molecule is CNCc1cc(Cl)cc(OC)c1OCCC(C)(C)C. The molecule has 0 amide bonds. The molecule has 0 atom stereocenters. The molecule has 1 aromatic carbocycles. The van der Waals surface area contributed by atoms with Gasteiger partial charge in [0.25, 0.3) is 0 Å². The molecule has 0 spiro atoms. The van der Waals surface area contributed by atoms with Crippen LogP contribution in [0.5, 0.6) is 11.5 Å². The van der Waals surface area contributed by atoms with Crippen molar-refractivity contribution in [3.63, 3.8) is 0 Å². The Morgan fingerprint density at radius 3 is 2.47 bits per heavy atom. The summed E-state index contributed by atoms with van der Waals surface area (Å²) in [6, 6.07) is 3.69. The van der Waals surface area contributed by atoms with Crippen LogP contribution in [0.15, 0.2) is 12.1 Å². The highest BCUT2D eigenvalue weighted by Gasteiger charge is 2.15. The minimum absolute atomic E-state index is 0.253. The summed E-state index contributed by atoms with van der Waals surface area (Å²) in [6.45, 7) is 7.96. The first kappa shape index (κ1) is 16.1. The molecule has 3 nitrogen and oxygen atoms in total. The Hall–Kier alpha value is -0.930. The van der Waals surface area contributed by atoms with E-state index in [2.05, 4.69) is 26.1 Å². The molecule has 0 unspecified atom stereocenters. The van der Waals surface area contributed by atoms with Crippen LogP contribution < -0.4 is 14.8 Å². The quantitative estimate of drug-likeness (QED) is 0.860. The van der Waals surface area contributed by atoms with Crippen molar-refractivity contribution >= 4 is 11.6 Å². The van der Waals surface area contributed by atoms with E-state index in [1.54, 1.807) is 13.2 Å². The highest BCUT2D eigenvalue weighted by atomic mass is 35.5. The van der Waals surface area contributed by atoms with Gasteiger partial charge in [0.15, 0.2) is 11.5 Å². The maximum absolute atomic E-state index is 6.08. The van der Waals surface area contributed by atoms with E-state index in [0.717, 1.165) is 17.7 Å². The largest absolute Gasteiger partial charge is 0.493 e. The van der Waals surface area contributed by atoms with Crippen LogP contribution in [-0.4, -0.2) is 20.8 Å². The first-order valence-corrected chi connectivity index (χ1v) is 6.89. The molecule has 0 saturated heterocycles. The van der Waals surface area contributed by atoms with Crippen molar-refractivity contribution in [2.24, 2.45) is 5.41 Å². The van der Waals surface area contributed by atoms with Crippen molar-refractivity contribution in [3.8, 4) is 11.5 Å². The molecular weight excluding hydrogens is 262 g/mol. The van der Waals surface area contributed by atoms with Gasteiger partial charge in [-0.3, -0.25) is 0 Å². The predicted octanol–water partition coefficient (Wildman–Crippen LogP) is 3.88. The number of rotatable bonds is 6. The lowest BCUT2D eigenvalue weighted by Gasteiger charge is -2.20. The molecule has 0 aliphatic rings. The summed E-state index contributed by atoms with van der Waals surface area (Å²) < 4.78 is 11.3. The van der Waals surface area contributed by atoms with Crippen molar-refractivity contribution in [3.05, 3.63) is 22.7 Å². The fourth-order valence-corrected chi connectivity index (χ4v) is 1.95. The van der Waals surface area contributed by atoms with Crippen LogP contribution in [0.4, 0.5) is 0 Å². The maximum atomic E-state index is 6.08. The molecule has 0 radical (unpaired) electrons. The van der Waals surface area contributed by atoms with Gasteiger partial charge in [0, 0.05) is 23.2 Å². The molecular formula is C15H24ClNO2. The van der Waals surface area contributed by atoms with Gasteiger partial charge in [-0.2, -0.15) is 0 Å². The van der Waals surface area contributed by atoms with Gasteiger partial charge in [0.2, 0.25) is 0 Å². The number of benzene rings is 1. The van der Waals surface area contributed by atoms with E-state index in [1.165, 1.54) is 0 Å². The van der Waals surface area contributed by atoms with Crippen molar-refractivity contribution in [2.75, 3.05) is 20.8 Å². The zero-order valence-corrected chi connectivity index (χ0v) is 13.2. The van der Waals surface area contributed by atoms with Gasteiger partial charge >= 0.3 is 0 Å². The highest BCUT2D eigenvalue weighted by molar-refractivity contribution is 6.30. The van der Waals surface area contributed by atoms with Gasteiger partial charge in [0.05, 0.1) is 13.7 Å². The maximum Gasteiger partial charge on any atom is 0.165 e. The van der Waals surface area contributed by atoms with E-state index in [9.17, 15) is 0 Å². The van der Waals surface area contributed by atoms with E-state index < -0.39 is 0 Å². The Labute approximate surface area is 121 Å². The molecule has 0 bridgehead atoms. The highest BCUT2D eigenvalue weighted by Crippen LogP contribution is 2.35. The summed E-state index contributed by atoms with van der Waals surface area (Å²) in [5, 5.41) is 3.77. The summed E-state index contributed by atoms with van der Waals surface area (Å²) in [7, 11) is 3.53. The van der Waals surface area contributed by atoms with E-state index in [1.807, 2.05) is 13.1 Å². The molecule has 0 aromatic heterocycles. The molecule has 19 heavy (non-hydrogen) atoms. The minimum Gasteiger partial charge on any atom is -0.493 e. The third kappa shape index (κ3) is 5.29. The predicted molar refractivity (Wildman–Crippen MR) is 80.3 cm³/mol. The van der Waals surface area contributed by atoms with Crippen molar-refractivity contribution in [1.82, 2.24) is 5.32 Å². The van der Waals surface area contributed by atoms with E-state index in [4.69, 9.17) is 21.1 Å². The number of hydrogen-bond donors (Lipinski definition) is 1. The lowest BCUT2D eigenvalue weighted by atomic mass is 9.93. The van der Waals surface area contributed by atoms with Crippen LogP contribution in [0, 0.1) is 5.41 Å². The second kappa shape index (κ2) is 7.01. The smallest absolute Gasteiger partial charge is 0.165 e. The molecule has 1 rings (SSSR count). The molecule has 1 aromatic rings. The summed E-state index contributed by atoms with van der Waals surface area (Å²) in [5.41, 5.74) is 1.27. The summed E-state index contributed by atoms with van der Waals surface area (Å²) in [4.78, 5) is 0. The first-order valence-electron chi connectivity index (χ1n) is 6.51. The first-order chi connectivity index (χ1) is 8.87. The van der Waals surface area contributed by atoms with E-state index in [0.29, 0.717) is 23.9 Å². The van der Waals surface area contributed by atoms with Crippen molar-refractivity contribution < 1.29 is 9.47 Å². The molecule has 0 heterocycles. The molecule has 108 valence electrons. The average Bonchev–Trinajstić information content (AvgIpc) is 2.30. The summed E-state index contributed by atoms with van der Waals surface area (Å²) in [5.74, 6) is 1.47. The fraction of sp³-hybridized carbons (Fsp3) is 0.600. The zero-order valence-electron chi connectivity index (χ0n) is 12.5. The molecule has 4 heteroatoms.